The van der Waals surface area contributed by atoms with Gasteiger partial charge in [-0.15, -0.1) is 10.2 Å². The van der Waals surface area contributed by atoms with Gasteiger partial charge < -0.3 is 10.1 Å². The minimum atomic E-state index is 0.121. The molecule has 126 valence electrons. The van der Waals surface area contributed by atoms with Crippen molar-refractivity contribution >= 4 is 5.91 Å². The second-order valence-electron chi connectivity index (χ2n) is 6.18. The Kier molecular flexibility index (Phi) is 5.77. The van der Waals surface area contributed by atoms with E-state index in [2.05, 4.69) is 15.5 Å². The topological polar surface area (TPSA) is 64.1 Å². The third kappa shape index (κ3) is 4.78. The summed E-state index contributed by atoms with van der Waals surface area (Å²) in [5.41, 5.74) is 1.84. The molecule has 1 amide bonds. The smallest absolute Gasteiger partial charge is 0.233 e. The largest absolute Gasteiger partial charge is 0.475 e. The van der Waals surface area contributed by atoms with Gasteiger partial charge in [0, 0.05) is 18.1 Å². The molecule has 0 atom stereocenters. The Hall–Kier alpha value is -2.43. The van der Waals surface area contributed by atoms with E-state index in [1.54, 1.807) is 6.07 Å². The van der Waals surface area contributed by atoms with E-state index < -0.39 is 0 Å². The maximum atomic E-state index is 11.8. The number of hydrogen-bond donors (Lipinski definition) is 1. The molecule has 1 aliphatic carbocycles. The van der Waals surface area contributed by atoms with Crippen LogP contribution in [-0.2, 0) is 4.79 Å². The van der Waals surface area contributed by atoms with Crippen molar-refractivity contribution in [3.8, 4) is 17.1 Å². The first-order valence-corrected chi connectivity index (χ1v) is 8.60. The van der Waals surface area contributed by atoms with Crippen LogP contribution < -0.4 is 10.1 Å². The van der Waals surface area contributed by atoms with Crippen LogP contribution in [0.1, 0.15) is 32.1 Å². The summed E-state index contributed by atoms with van der Waals surface area (Å²) in [5, 5.41) is 11.1. The highest BCUT2D eigenvalue weighted by atomic mass is 16.5. The molecule has 1 aliphatic rings. The molecular weight excluding hydrogens is 302 g/mol. The zero-order chi connectivity index (χ0) is 16.6. The zero-order valence-electron chi connectivity index (χ0n) is 13.8. The standard InChI is InChI=1S/C19H23N3O2/c23-18(14-15-6-4-5-7-15)20-12-13-24-19-11-10-17(21-22-19)16-8-2-1-3-9-16/h1-3,8-11,15H,4-7,12-14H2,(H,20,23). The quantitative estimate of drug-likeness (QED) is 0.794. The van der Waals surface area contributed by atoms with Crippen LogP contribution in [-0.4, -0.2) is 29.3 Å². The van der Waals surface area contributed by atoms with Crippen LogP contribution in [0.3, 0.4) is 0 Å². The molecule has 1 N–H and O–H groups in total. The summed E-state index contributed by atoms with van der Waals surface area (Å²) >= 11 is 0. The number of nitrogens with one attached hydrogen (secondary N) is 1. The minimum absolute atomic E-state index is 0.121. The summed E-state index contributed by atoms with van der Waals surface area (Å²) in [7, 11) is 0. The van der Waals surface area contributed by atoms with Crippen LogP contribution in [0, 0.1) is 5.92 Å². The summed E-state index contributed by atoms with van der Waals surface area (Å²) in [6, 6.07) is 13.6. The Bertz CT molecular complexity index is 637. The molecule has 3 rings (SSSR count). The SMILES string of the molecule is O=C(CC1CCCC1)NCCOc1ccc(-c2ccccc2)nn1. The van der Waals surface area contributed by atoms with Gasteiger partial charge in [-0.2, -0.15) is 0 Å². The lowest BCUT2D eigenvalue weighted by molar-refractivity contribution is -0.122. The van der Waals surface area contributed by atoms with E-state index in [9.17, 15) is 4.79 Å². The lowest BCUT2D eigenvalue weighted by Gasteiger charge is -2.10. The number of hydrogen-bond acceptors (Lipinski definition) is 4. The van der Waals surface area contributed by atoms with Crippen molar-refractivity contribution in [3.05, 3.63) is 42.5 Å². The van der Waals surface area contributed by atoms with Gasteiger partial charge in [-0.05, 0) is 24.8 Å². The molecule has 5 heteroatoms. The van der Waals surface area contributed by atoms with Crippen molar-refractivity contribution in [2.75, 3.05) is 13.2 Å². The van der Waals surface area contributed by atoms with E-state index >= 15 is 0 Å². The van der Waals surface area contributed by atoms with Crippen molar-refractivity contribution in [1.82, 2.24) is 15.5 Å². The van der Waals surface area contributed by atoms with Gasteiger partial charge in [0.1, 0.15) is 6.61 Å². The van der Waals surface area contributed by atoms with Gasteiger partial charge in [0.2, 0.25) is 11.8 Å². The Balaban J connectivity index is 1.38. The molecule has 0 radical (unpaired) electrons. The van der Waals surface area contributed by atoms with Gasteiger partial charge in [-0.1, -0.05) is 43.2 Å². The Morgan fingerprint density at radius 3 is 2.58 bits per heavy atom. The Labute approximate surface area is 142 Å². The maximum Gasteiger partial charge on any atom is 0.233 e. The first-order valence-electron chi connectivity index (χ1n) is 8.60. The third-order valence-electron chi connectivity index (χ3n) is 4.33. The van der Waals surface area contributed by atoms with Crippen LogP contribution >= 0.6 is 0 Å². The van der Waals surface area contributed by atoms with Crippen molar-refractivity contribution in [2.24, 2.45) is 5.92 Å². The van der Waals surface area contributed by atoms with Gasteiger partial charge in [0.05, 0.1) is 12.2 Å². The zero-order valence-corrected chi connectivity index (χ0v) is 13.8. The molecule has 2 aromatic rings. The highest BCUT2D eigenvalue weighted by Gasteiger charge is 2.17. The highest BCUT2D eigenvalue weighted by Crippen LogP contribution is 2.27. The monoisotopic (exact) mass is 325 g/mol. The number of ether oxygens (including phenoxy) is 1. The molecule has 5 nitrogen and oxygen atoms in total. The van der Waals surface area contributed by atoms with Crippen molar-refractivity contribution in [1.29, 1.82) is 0 Å². The first kappa shape index (κ1) is 16.4. The normalized spacial score (nSPS) is 14.5. The second-order valence-corrected chi connectivity index (χ2v) is 6.18. The number of nitrogens with zero attached hydrogens (tertiary/aromatic N) is 2. The van der Waals surface area contributed by atoms with Gasteiger partial charge in [-0.25, -0.2) is 0 Å². The summed E-state index contributed by atoms with van der Waals surface area (Å²) in [4.78, 5) is 11.8. The Morgan fingerprint density at radius 1 is 1.08 bits per heavy atom. The molecule has 0 unspecified atom stereocenters. The van der Waals surface area contributed by atoms with Crippen LogP contribution in [0.15, 0.2) is 42.5 Å². The number of benzene rings is 1. The van der Waals surface area contributed by atoms with Gasteiger partial charge in [0.15, 0.2) is 0 Å². The minimum Gasteiger partial charge on any atom is -0.475 e. The number of carbonyl (C=O) groups excluding carboxylic acids is 1. The molecule has 1 aromatic carbocycles. The van der Waals surface area contributed by atoms with Crippen LogP contribution in [0.25, 0.3) is 11.3 Å². The van der Waals surface area contributed by atoms with E-state index in [0.29, 0.717) is 31.4 Å². The average Bonchev–Trinajstić information content (AvgIpc) is 3.13. The summed E-state index contributed by atoms with van der Waals surface area (Å²) in [6.45, 7) is 0.892. The van der Waals surface area contributed by atoms with E-state index in [1.807, 2.05) is 36.4 Å². The molecule has 1 heterocycles. The highest BCUT2D eigenvalue weighted by molar-refractivity contribution is 5.76. The second kappa shape index (κ2) is 8.43. The lowest BCUT2D eigenvalue weighted by Crippen LogP contribution is -2.29. The fourth-order valence-corrected chi connectivity index (χ4v) is 3.05. The summed E-state index contributed by atoms with van der Waals surface area (Å²) in [5.74, 6) is 1.16. The summed E-state index contributed by atoms with van der Waals surface area (Å²) < 4.78 is 5.53. The fourth-order valence-electron chi connectivity index (χ4n) is 3.05. The third-order valence-corrected chi connectivity index (χ3v) is 4.33. The van der Waals surface area contributed by atoms with Crippen molar-refractivity contribution in [2.45, 2.75) is 32.1 Å². The predicted octanol–water partition coefficient (Wildman–Crippen LogP) is 3.22. The molecule has 0 bridgehead atoms. The fraction of sp³-hybridized carbons (Fsp3) is 0.421. The predicted molar refractivity (Wildman–Crippen MR) is 92.5 cm³/mol. The van der Waals surface area contributed by atoms with E-state index in [-0.39, 0.29) is 5.91 Å². The number of aromatic nitrogens is 2. The van der Waals surface area contributed by atoms with Gasteiger partial charge >= 0.3 is 0 Å². The molecule has 0 spiro atoms. The number of rotatable bonds is 7. The van der Waals surface area contributed by atoms with E-state index in [1.165, 1.54) is 25.7 Å². The van der Waals surface area contributed by atoms with Crippen molar-refractivity contribution < 1.29 is 9.53 Å². The number of carbonyl (C=O) groups is 1. The average molecular weight is 325 g/mol. The molecule has 0 aliphatic heterocycles. The molecular formula is C19H23N3O2. The van der Waals surface area contributed by atoms with Gasteiger partial charge in [0.25, 0.3) is 0 Å². The summed E-state index contributed by atoms with van der Waals surface area (Å²) in [6.07, 6.45) is 5.55. The Morgan fingerprint density at radius 2 is 1.88 bits per heavy atom. The van der Waals surface area contributed by atoms with Gasteiger partial charge in [-0.3, -0.25) is 4.79 Å². The van der Waals surface area contributed by atoms with E-state index in [4.69, 9.17) is 4.74 Å². The van der Waals surface area contributed by atoms with E-state index in [0.717, 1.165) is 11.3 Å². The number of amides is 1. The molecule has 24 heavy (non-hydrogen) atoms. The molecule has 1 aromatic heterocycles. The molecule has 0 saturated heterocycles. The molecule has 1 saturated carbocycles. The van der Waals surface area contributed by atoms with Crippen LogP contribution in [0.4, 0.5) is 0 Å². The van der Waals surface area contributed by atoms with Crippen molar-refractivity contribution in [3.63, 3.8) is 0 Å². The van der Waals surface area contributed by atoms with Crippen LogP contribution in [0.2, 0.25) is 0 Å². The lowest BCUT2D eigenvalue weighted by atomic mass is 10.0. The molecule has 1 fully saturated rings. The van der Waals surface area contributed by atoms with Crippen LogP contribution in [0.5, 0.6) is 5.88 Å². The first-order chi connectivity index (χ1) is 11.8. The maximum absolute atomic E-state index is 11.8.